The normalized spacial score (nSPS) is 20.6. The minimum atomic E-state index is 0.477. The molecule has 1 nitrogen and oxygen atoms in total. The van der Waals surface area contributed by atoms with E-state index in [4.69, 9.17) is 0 Å². The van der Waals surface area contributed by atoms with Crippen LogP contribution in [0.5, 0.6) is 0 Å². The average molecular weight is 275 g/mol. The lowest BCUT2D eigenvalue weighted by molar-refractivity contribution is 0.265. The second-order valence-electron chi connectivity index (χ2n) is 6.91. The highest BCUT2D eigenvalue weighted by molar-refractivity contribution is 5.85. The summed E-state index contributed by atoms with van der Waals surface area (Å²) in [4.78, 5) is 4.44. The first kappa shape index (κ1) is 17.2. The van der Waals surface area contributed by atoms with Gasteiger partial charge in [-0.3, -0.25) is 4.99 Å². The fourth-order valence-electron chi connectivity index (χ4n) is 3.45. The van der Waals surface area contributed by atoms with Crippen LogP contribution in [-0.4, -0.2) is 5.71 Å². The quantitative estimate of drug-likeness (QED) is 0.368. The SMILES string of the molecule is C=CN=C(C)[C@@H](C)C(C(=C)C1CC1)C(CC)CC(C)C. The van der Waals surface area contributed by atoms with Crippen molar-refractivity contribution in [3.05, 3.63) is 24.9 Å². The molecule has 20 heavy (non-hydrogen) atoms. The van der Waals surface area contributed by atoms with Crippen LogP contribution in [0.4, 0.5) is 0 Å². The van der Waals surface area contributed by atoms with Crippen LogP contribution in [0.2, 0.25) is 0 Å². The van der Waals surface area contributed by atoms with Gasteiger partial charge in [-0.15, -0.1) is 0 Å². The Bertz CT molecular complexity index is 360. The predicted octanol–water partition coefficient (Wildman–Crippen LogP) is 5.88. The molecule has 0 aromatic heterocycles. The van der Waals surface area contributed by atoms with Crippen LogP contribution in [0.1, 0.15) is 60.3 Å². The highest BCUT2D eigenvalue weighted by Crippen LogP contribution is 2.46. The first-order valence-corrected chi connectivity index (χ1v) is 8.26. The van der Waals surface area contributed by atoms with Crippen LogP contribution in [0, 0.1) is 29.6 Å². The molecular formula is C19H33N. The largest absolute Gasteiger partial charge is 0.266 e. The molecule has 0 amide bonds. The molecule has 0 radical (unpaired) electrons. The molecule has 0 aromatic rings. The van der Waals surface area contributed by atoms with E-state index in [0.29, 0.717) is 11.8 Å². The number of allylic oxidation sites excluding steroid dienone is 1. The second kappa shape index (κ2) is 7.81. The van der Waals surface area contributed by atoms with Crippen LogP contribution in [0.15, 0.2) is 29.9 Å². The number of nitrogens with zero attached hydrogens (tertiary/aromatic N) is 1. The van der Waals surface area contributed by atoms with Gasteiger partial charge in [0.2, 0.25) is 0 Å². The molecule has 0 bridgehead atoms. The van der Waals surface area contributed by atoms with E-state index in [-0.39, 0.29) is 0 Å². The van der Waals surface area contributed by atoms with E-state index in [1.807, 2.05) is 0 Å². The number of hydrogen-bond donors (Lipinski definition) is 0. The molecular weight excluding hydrogens is 242 g/mol. The van der Waals surface area contributed by atoms with Crippen LogP contribution < -0.4 is 0 Å². The summed E-state index contributed by atoms with van der Waals surface area (Å²) in [5, 5.41) is 0. The maximum atomic E-state index is 4.48. The molecule has 1 aliphatic rings. The third kappa shape index (κ3) is 4.61. The summed E-state index contributed by atoms with van der Waals surface area (Å²) in [6.07, 6.45) is 6.89. The van der Waals surface area contributed by atoms with Crippen molar-refractivity contribution in [1.82, 2.24) is 0 Å². The van der Waals surface area contributed by atoms with Gasteiger partial charge in [-0.1, -0.05) is 52.8 Å². The van der Waals surface area contributed by atoms with Gasteiger partial charge in [0.25, 0.3) is 0 Å². The Morgan fingerprint density at radius 3 is 2.30 bits per heavy atom. The zero-order valence-corrected chi connectivity index (χ0v) is 14.2. The molecule has 2 unspecified atom stereocenters. The molecule has 0 aromatic carbocycles. The summed E-state index contributed by atoms with van der Waals surface area (Å²) in [7, 11) is 0. The molecule has 0 aliphatic heterocycles. The van der Waals surface area contributed by atoms with Gasteiger partial charge in [0.15, 0.2) is 0 Å². The van der Waals surface area contributed by atoms with E-state index in [0.717, 1.165) is 17.8 Å². The van der Waals surface area contributed by atoms with E-state index in [2.05, 4.69) is 52.8 Å². The van der Waals surface area contributed by atoms with E-state index in [1.165, 1.54) is 37.0 Å². The summed E-state index contributed by atoms with van der Waals surface area (Å²) in [6.45, 7) is 19.7. The molecule has 114 valence electrons. The van der Waals surface area contributed by atoms with Crippen molar-refractivity contribution in [3.8, 4) is 0 Å². The third-order valence-corrected chi connectivity index (χ3v) is 4.83. The third-order valence-electron chi connectivity index (χ3n) is 4.83. The highest BCUT2D eigenvalue weighted by atomic mass is 14.7. The maximum Gasteiger partial charge on any atom is 0.0195 e. The van der Waals surface area contributed by atoms with Crippen molar-refractivity contribution in [2.75, 3.05) is 0 Å². The highest BCUT2D eigenvalue weighted by Gasteiger charge is 2.36. The van der Waals surface area contributed by atoms with Crippen molar-refractivity contribution in [2.24, 2.45) is 34.6 Å². The number of aliphatic imine (C=N–C) groups is 1. The van der Waals surface area contributed by atoms with Gasteiger partial charge in [0, 0.05) is 17.8 Å². The molecule has 0 N–H and O–H groups in total. The molecule has 0 spiro atoms. The van der Waals surface area contributed by atoms with E-state index >= 15 is 0 Å². The Morgan fingerprint density at radius 2 is 1.90 bits per heavy atom. The maximum absolute atomic E-state index is 4.48. The van der Waals surface area contributed by atoms with Gasteiger partial charge in [-0.2, -0.15) is 0 Å². The smallest absolute Gasteiger partial charge is 0.0195 e. The van der Waals surface area contributed by atoms with Gasteiger partial charge >= 0.3 is 0 Å². The van der Waals surface area contributed by atoms with Crippen molar-refractivity contribution in [2.45, 2.75) is 60.3 Å². The van der Waals surface area contributed by atoms with Crippen molar-refractivity contribution in [3.63, 3.8) is 0 Å². The summed E-state index contributed by atoms with van der Waals surface area (Å²) in [5.41, 5.74) is 2.69. The summed E-state index contributed by atoms with van der Waals surface area (Å²) in [5.74, 6) is 3.31. The van der Waals surface area contributed by atoms with Crippen molar-refractivity contribution in [1.29, 1.82) is 0 Å². The van der Waals surface area contributed by atoms with Crippen molar-refractivity contribution < 1.29 is 0 Å². The monoisotopic (exact) mass is 275 g/mol. The van der Waals surface area contributed by atoms with Gasteiger partial charge in [0.05, 0.1) is 0 Å². The molecule has 1 fully saturated rings. The topological polar surface area (TPSA) is 12.4 Å². The van der Waals surface area contributed by atoms with Gasteiger partial charge in [-0.05, 0) is 49.9 Å². The van der Waals surface area contributed by atoms with Crippen LogP contribution in [0.3, 0.4) is 0 Å². The molecule has 0 saturated heterocycles. The van der Waals surface area contributed by atoms with Crippen LogP contribution in [-0.2, 0) is 0 Å². The first-order valence-electron chi connectivity index (χ1n) is 8.26. The number of rotatable bonds is 9. The Balaban J connectivity index is 2.96. The molecule has 1 heteroatoms. The molecule has 3 atom stereocenters. The predicted molar refractivity (Wildman–Crippen MR) is 91.1 cm³/mol. The summed E-state index contributed by atoms with van der Waals surface area (Å²) in [6, 6.07) is 0. The molecule has 1 aliphatic carbocycles. The number of hydrogen-bond acceptors (Lipinski definition) is 1. The van der Waals surface area contributed by atoms with E-state index in [1.54, 1.807) is 6.20 Å². The standard InChI is InChI=1S/C19H33N/c1-8-17(12-13(3)4)19(15(6)18-10-11-18)14(5)16(7)20-9-2/h9,13-14,17-19H,2,6,8,10-12H2,1,3-5,7H3/t14-,17?,19?/m1/s1. The van der Waals surface area contributed by atoms with Crippen molar-refractivity contribution >= 4 is 5.71 Å². The first-order chi connectivity index (χ1) is 9.42. The zero-order chi connectivity index (χ0) is 15.3. The average Bonchev–Trinajstić information content (AvgIpc) is 3.21. The molecule has 1 rings (SSSR count). The lowest BCUT2D eigenvalue weighted by atomic mass is 9.71. The van der Waals surface area contributed by atoms with E-state index in [9.17, 15) is 0 Å². The Hall–Kier alpha value is -0.850. The van der Waals surface area contributed by atoms with E-state index < -0.39 is 0 Å². The van der Waals surface area contributed by atoms with Gasteiger partial charge < -0.3 is 0 Å². The summed E-state index contributed by atoms with van der Waals surface area (Å²) < 4.78 is 0. The second-order valence-corrected chi connectivity index (χ2v) is 6.91. The Labute approximate surface area is 126 Å². The lowest BCUT2D eigenvalue weighted by Gasteiger charge is -2.34. The lowest BCUT2D eigenvalue weighted by Crippen LogP contribution is -2.29. The van der Waals surface area contributed by atoms with Crippen LogP contribution >= 0.6 is 0 Å². The molecule has 1 saturated carbocycles. The minimum absolute atomic E-state index is 0.477. The fraction of sp³-hybridized carbons (Fsp3) is 0.737. The summed E-state index contributed by atoms with van der Waals surface area (Å²) >= 11 is 0. The Kier molecular flexibility index (Phi) is 6.71. The Morgan fingerprint density at radius 1 is 1.30 bits per heavy atom. The van der Waals surface area contributed by atoms with Gasteiger partial charge in [0.1, 0.15) is 0 Å². The van der Waals surface area contributed by atoms with Crippen LogP contribution in [0.25, 0.3) is 0 Å². The van der Waals surface area contributed by atoms with Gasteiger partial charge in [-0.25, -0.2) is 0 Å². The zero-order valence-electron chi connectivity index (χ0n) is 14.2. The minimum Gasteiger partial charge on any atom is -0.266 e. The fourth-order valence-corrected chi connectivity index (χ4v) is 3.45. The molecule has 0 heterocycles.